The molecule has 2 nitrogen and oxygen atoms in total. The van der Waals surface area contributed by atoms with Crippen LogP contribution < -0.4 is 0 Å². The Morgan fingerprint density at radius 3 is 3.20 bits per heavy atom. The standard InChI is InChI=1S/C8H15NO/c1-3-8-7-9(4-2)5-6-10-8/h3,8H,1,4-7H2,2H3. The Balaban J connectivity index is 2.31. The number of rotatable bonds is 2. The fourth-order valence-corrected chi connectivity index (χ4v) is 1.16. The normalized spacial score (nSPS) is 28.3. The highest BCUT2D eigenvalue weighted by atomic mass is 16.5. The van der Waals surface area contributed by atoms with Crippen molar-refractivity contribution in [3.8, 4) is 0 Å². The molecule has 1 atom stereocenters. The molecule has 1 rings (SSSR count). The summed E-state index contributed by atoms with van der Waals surface area (Å²) >= 11 is 0. The third kappa shape index (κ3) is 1.82. The summed E-state index contributed by atoms with van der Waals surface area (Å²) in [7, 11) is 0. The second kappa shape index (κ2) is 3.74. The topological polar surface area (TPSA) is 12.5 Å². The molecule has 0 N–H and O–H groups in total. The van der Waals surface area contributed by atoms with Gasteiger partial charge in [0.25, 0.3) is 0 Å². The largest absolute Gasteiger partial charge is 0.371 e. The monoisotopic (exact) mass is 141 g/mol. The summed E-state index contributed by atoms with van der Waals surface area (Å²) < 4.78 is 5.40. The molecule has 0 aromatic carbocycles. The van der Waals surface area contributed by atoms with Crippen LogP contribution in [-0.4, -0.2) is 37.2 Å². The number of hydrogen-bond acceptors (Lipinski definition) is 2. The van der Waals surface area contributed by atoms with Gasteiger partial charge in [-0.3, -0.25) is 4.90 Å². The van der Waals surface area contributed by atoms with E-state index in [-0.39, 0.29) is 6.10 Å². The summed E-state index contributed by atoms with van der Waals surface area (Å²) in [5, 5.41) is 0. The Bertz CT molecular complexity index is 114. The van der Waals surface area contributed by atoms with Gasteiger partial charge in [-0.05, 0) is 6.54 Å². The van der Waals surface area contributed by atoms with Gasteiger partial charge in [-0.25, -0.2) is 0 Å². The first-order valence-electron chi connectivity index (χ1n) is 3.83. The van der Waals surface area contributed by atoms with Gasteiger partial charge >= 0.3 is 0 Å². The van der Waals surface area contributed by atoms with Crippen LogP contribution in [0.1, 0.15) is 6.92 Å². The van der Waals surface area contributed by atoms with E-state index in [1.54, 1.807) is 0 Å². The van der Waals surface area contributed by atoms with Gasteiger partial charge in [0.2, 0.25) is 0 Å². The van der Waals surface area contributed by atoms with E-state index in [1.807, 2.05) is 6.08 Å². The fraction of sp³-hybridized carbons (Fsp3) is 0.750. The highest BCUT2D eigenvalue weighted by Crippen LogP contribution is 2.04. The lowest BCUT2D eigenvalue weighted by molar-refractivity contribution is -0.00102. The van der Waals surface area contributed by atoms with Crippen molar-refractivity contribution in [2.24, 2.45) is 0 Å². The van der Waals surface area contributed by atoms with E-state index in [9.17, 15) is 0 Å². The summed E-state index contributed by atoms with van der Waals surface area (Å²) in [6, 6.07) is 0. The maximum atomic E-state index is 5.40. The minimum absolute atomic E-state index is 0.258. The first kappa shape index (κ1) is 7.76. The average molecular weight is 141 g/mol. The summed E-state index contributed by atoms with van der Waals surface area (Å²) in [6.45, 7) is 9.93. The van der Waals surface area contributed by atoms with Crippen molar-refractivity contribution >= 4 is 0 Å². The number of likely N-dealkylation sites (N-methyl/N-ethyl adjacent to an activating group) is 1. The molecule has 1 fully saturated rings. The molecule has 0 spiro atoms. The first-order chi connectivity index (χ1) is 4.86. The molecule has 0 radical (unpaired) electrons. The summed E-state index contributed by atoms with van der Waals surface area (Å²) in [5.74, 6) is 0. The maximum Gasteiger partial charge on any atom is 0.0880 e. The van der Waals surface area contributed by atoms with Crippen LogP contribution in [0, 0.1) is 0 Å². The van der Waals surface area contributed by atoms with Crippen LogP contribution in [0.4, 0.5) is 0 Å². The zero-order chi connectivity index (χ0) is 7.40. The van der Waals surface area contributed by atoms with Crippen LogP contribution in [0.5, 0.6) is 0 Å². The minimum atomic E-state index is 0.258. The molecule has 0 aromatic heterocycles. The molecule has 1 saturated heterocycles. The van der Waals surface area contributed by atoms with Gasteiger partial charge in [0, 0.05) is 13.1 Å². The van der Waals surface area contributed by atoms with E-state index in [0.717, 1.165) is 26.2 Å². The second-order valence-corrected chi connectivity index (χ2v) is 2.54. The smallest absolute Gasteiger partial charge is 0.0880 e. The van der Waals surface area contributed by atoms with Gasteiger partial charge in [-0.15, -0.1) is 6.58 Å². The van der Waals surface area contributed by atoms with Crippen LogP contribution >= 0.6 is 0 Å². The molecule has 2 heteroatoms. The SMILES string of the molecule is C=CC1CN(CC)CCO1. The van der Waals surface area contributed by atoms with Crippen molar-refractivity contribution in [3.63, 3.8) is 0 Å². The van der Waals surface area contributed by atoms with Crippen molar-refractivity contribution in [2.75, 3.05) is 26.2 Å². The van der Waals surface area contributed by atoms with E-state index >= 15 is 0 Å². The van der Waals surface area contributed by atoms with Crippen molar-refractivity contribution in [3.05, 3.63) is 12.7 Å². The molecular weight excluding hydrogens is 126 g/mol. The number of ether oxygens (including phenoxy) is 1. The predicted molar refractivity (Wildman–Crippen MR) is 42.1 cm³/mol. The lowest BCUT2D eigenvalue weighted by Crippen LogP contribution is -2.41. The lowest BCUT2D eigenvalue weighted by Gasteiger charge is -2.30. The van der Waals surface area contributed by atoms with Crippen molar-refractivity contribution in [1.82, 2.24) is 4.90 Å². The van der Waals surface area contributed by atoms with Gasteiger partial charge in [0.1, 0.15) is 0 Å². The summed E-state index contributed by atoms with van der Waals surface area (Å²) in [4.78, 5) is 2.37. The van der Waals surface area contributed by atoms with Gasteiger partial charge in [0.15, 0.2) is 0 Å². The van der Waals surface area contributed by atoms with Crippen molar-refractivity contribution in [1.29, 1.82) is 0 Å². The molecule has 10 heavy (non-hydrogen) atoms. The van der Waals surface area contributed by atoms with E-state index in [2.05, 4.69) is 18.4 Å². The Kier molecular flexibility index (Phi) is 2.90. The molecule has 1 unspecified atom stereocenters. The Morgan fingerprint density at radius 2 is 2.60 bits per heavy atom. The number of morpholine rings is 1. The predicted octanol–water partition coefficient (Wildman–Crippen LogP) is 0.893. The minimum Gasteiger partial charge on any atom is -0.371 e. The number of nitrogens with zero attached hydrogens (tertiary/aromatic N) is 1. The average Bonchev–Trinajstić information content (AvgIpc) is 2.05. The van der Waals surface area contributed by atoms with Crippen LogP contribution in [0.15, 0.2) is 12.7 Å². The third-order valence-corrected chi connectivity index (χ3v) is 1.89. The van der Waals surface area contributed by atoms with Crippen LogP contribution in [-0.2, 0) is 4.74 Å². The highest BCUT2D eigenvalue weighted by Gasteiger charge is 2.15. The van der Waals surface area contributed by atoms with Gasteiger partial charge < -0.3 is 4.74 Å². The number of hydrogen-bond donors (Lipinski definition) is 0. The van der Waals surface area contributed by atoms with E-state index in [1.165, 1.54) is 0 Å². The molecular formula is C8H15NO. The lowest BCUT2D eigenvalue weighted by atomic mass is 10.3. The first-order valence-corrected chi connectivity index (χ1v) is 3.83. The molecule has 1 aliphatic rings. The molecule has 1 heterocycles. The maximum absolute atomic E-state index is 5.40. The molecule has 0 saturated carbocycles. The van der Waals surface area contributed by atoms with E-state index in [4.69, 9.17) is 4.74 Å². The molecule has 0 aliphatic carbocycles. The Labute approximate surface area is 62.5 Å². The van der Waals surface area contributed by atoms with E-state index < -0.39 is 0 Å². The van der Waals surface area contributed by atoms with Gasteiger partial charge in [0.05, 0.1) is 12.7 Å². The zero-order valence-corrected chi connectivity index (χ0v) is 6.55. The second-order valence-electron chi connectivity index (χ2n) is 2.54. The molecule has 0 amide bonds. The molecule has 1 aliphatic heterocycles. The fourth-order valence-electron chi connectivity index (χ4n) is 1.16. The van der Waals surface area contributed by atoms with Crippen LogP contribution in [0.25, 0.3) is 0 Å². The zero-order valence-electron chi connectivity index (χ0n) is 6.55. The van der Waals surface area contributed by atoms with Crippen molar-refractivity contribution < 1.29 is 4.74 Å². The summed E-state index contributed by atoms with van der Waals surface area (Å²) in [5.41, 5.74) is 0. The van der Waals surface area contributed by atoms with Crippen LogP contribution in [0.3, 0.4) is 0 Å². The van der Waals surface area contributed by atoms with Gasteiger partial charge in [-0.2, -0.15) is 0 Å². The molecule has 0 aromatic rings. The quantitative estimate of drug-likeness (QED) is 0.530. The van der Waals surface area contributed by atoms with Crippen LogP contribution in [0.2, 0.25) is 0 Å². The highest BCUT2D eigenvalue weighted by molar-refractivity contribution is 4.85. The molecule has 58 valence electrons. The van der Waals surface area contributed by atoms with E-state index in [0.29, 0.717) is 0 Å². The van der Waals surface area contributed by atoms with Gasteiger partial charge in [-0.1, -0.05) is 13.0 Å². The van der Waals surface area contributed by atoms with Crippen molar-refractivity contribution in [2.45, 2.75) is 13.0 Å². The third-order valence-electron chi connectivity index (χ3n) is 1.89. The Hall–Kier alpha value is -0.340. The summed E-state index contributed by atoms with van der Waals surface area (Å²) in [6.07, 6.45) is 2.13. The molecule has 0 bridgehead atoms. The Morgan fingerprint density at radius 1 is 1.80 bits per heavy atom.